The van der Waals surface area contributed by atoms with Crippen molar-refractivity contribution in [3.63, 3.8) is 0 Å². The first-order valence-electron chi connectivity index (χ1n) is 7.02. The number of nitrogens with one attached hydrogen (secondary N) is 1. The molecule has 0 aliphatic carbocycles. The van der Waals surface area contributed by atoms with Crippen molar-refractivity contribution in [2.24, 2.45) is 0 Å². The Hall–Kier alpha value is -1.48. The summed E-state index contributed by atoms with van der Waals surface area (Å²) in [6, 6.07) is 7.86. The van der Waals surface area contributed by atoms with Gasteiger partial charge in [-0.1, -0.05) is 6.08 Å². The number of halogens is 1. The summed E-state index contributed by atoms with van der Waals surface area (Å²) >= 11 is 4.95. The van der Waals surface area contributed by atoms with Gasteiger partial charge in [-0.3, -0.25) is 4.79 Å². The van der Waals surface area contributed by atoms with Crippen LogP contribution in [0.5, 0.6) is 0 Å². The van der Waals surface area contributed by atoms with Crippen LogP contribution in [-0.4, -0.2) is 32.8 Å². The van der Waals surface area contributed by atoms with E-state index >= 15 is 0 Å². The lowest BCUT2D eigenvalue weighted by Crippen LogP contribution is -2.26. The van der Waals surface area contributed by atoms with Gasteiger partial charge in [0.1, 0.15) is 0 Å². The molecular formula is C16H17BrN2O3S2. The summed E-state index contributed by atoms with van der Waals surface area (Å²) in [6.07, 6.45) is 1.47. The maximum Gasteiger partial charge on any atom is 0.253 e. The topological polar surface area (TPSA) is 66.5 Å². The average molecular weight is 429 g/mol. The first-order valence-corrected chi connectivity index (χ1v) is 10.2. The Morgan fingerprint density at radius 1 is 1.38 bits per heavy atom. The lowest BCUT2D eigenvalue weighted by atomic mass is 10.2. The fraction of sp³-hybridized carbons (Fsp3) is 0.188. The average Bonchev–Trinajstić information content (AvgIpc) is 2.97. The van der Waals surface area contributed by atoms with Crippen molar-refractivity contribution in [3.8, 4) is 0 Å². The predicted octanol–water partition coefficient (Wildman–Crippen LogP) is 3.25. The molecule has 5 nitrogen and oxygen atoms in total. The lowest BCUT2D eigenvalue weighted by Gasteiger charge is -2.16. The summed E-state index contributed by atoms with van der Waals surface area (Å²) in [6.45, 7) is 4.12. The van der Waals surface area contributed by atoms with Gasteiger partial charge >= 0.3 is 0 Å². The second-order valence-corrected chi connectivity index (χ2v) is 8.74. The Kier molecular flexibility index (Phi) is 6.34. The summed E-state index contributed by atoms with van der Waals surface area (Å²) in [5.41, 5.74) is 0.441. The van der Waals surface area contributed by atoms with Gasteiger partial charge in [0.05, 0.1) is 11.4 Å². The fourth-order valence-corrected chi connectivity index (χ4v) is 4.49. The van der Waals surface area contributed by atoms with Crippen LogP contribution in [0, 0.1) is 0 Å². The van der Waals surface area contributed by atoms with E-state index in [1.807, 2.05) is 11.4 Å². The highest BCUT2D eigenvalue weighted by Gasteiger charge is 2.16. The van der Waals surface area contributed by atoms with E-state index in [0.717, 1.165) is 9.35 Å². The fourth-order valence-electron chi connectivity index (χ4n) is 1.99. The van der Waals surface area contributed by atoms with Crippen LogP contribution in [-0.2, 0) is 16.6 Å². The zero-order chi connectivity index (χ0) is 17.7. The van der Waals surface area contributed by atoms with Crippen LogP contribution in [0.1, 0.15) is 15.2 Å². The van der Waals surface area contributed by atoms with Gasteiger partial charge in [-0.2, -0.15) is 0 Å². The van der Waals surface area contributed by atoms with Crippen molar-refractivity contribution in [1.29, 1.82) is 0 Å². The van der Waals surface area contributed by atoms with Gasteiger partial charge in [0.2, 0.25) is 10.0 Å². The molecular weight excluding hydrogens is 412 g/mol. The van der Waals surface area contributed by atoms with Crippen LogP contribution < -0.4 is 4.72 Å². The van der Waals surface area contributed by atoms with Crippen LogP contribution in [0.4, 0.5) is 0 Å². The van der Waals surface area contributed by atoms with Crippen LogP contribution in [0.15, 0.2) is 57.7 Å². The number of sulfonamides is 1. The number of carbonyl (C=O) groups excluding carboxylic acids is 1. The quantitative estimate of drug-likeness (QED) is 0.688. The van der Waals surface area contributed by atoms with Crippen LogP contribution in [0.2, 0.25) is 0 Å². The molecule has 0 saturated carbocycles. The smallest absolute Gasteiger partial charge is 0.253 e. The number of amides is 1. The van der Waals surface area contributed by atoms with Crippen LogP contribution in [0.25, 0.3) is 0 Å². The minimum Gasteiger partial charge on any atom is -0.337 e. The molecule has 2 rings (SSSR count). The lowest BCUT2D eigenvalue weighted by molar-refractivity contribution is 0.0786. The number of nitrogens with zero attached hydrogens (tertiary/aromatic N) is 1. The molecule has 0 fully saturated rings. The molecule has 0 aliphatic rings. The monoisotopic (exact) mass is 428 g/mol. The first kappa shape index (κ1) is 18.9. The van der Waals surface area contributed by atoms with Crippen LogP contribution in [0.3, 0.4) is 0 Å². The molecule has 1 N–H and O–H groups in total. The standard InChI is InChI=1S/C16H17BrN2O3S2/c1-3-8-18-24(21,22)15-6-4-12(5-7-15)16(20)19(2)10-14-9-13(17)11-23-14/h3-7,9,11,18H,1,8,10H2,2H3. The van der Waals surface area contributed by atoms with Crippen molar-refractivity contribution in [2.75, 3.05) is 13.6 Å². The zero-order valence-electron chi connectivity index (χ0n) is 13.0. The van der Waals surface area contributed by atoms with E-state index in [-0.39, 0.29) is 17.3 Å². The summed E-state index contributed by atoms with van der Waals surface area (Å²) < 4.78 is 27.4. The maximum absolute atomic E-state index is 12.4. The Morgan fingerprint density at radius 3 is 2.58 bits per heavy atom. The highest BCUT2D eigenvalue weighted by molar-refractivity contribution is 9.10. The van der Waals surface area contributed by atoms with E-state index in [0.29, 0.717) is 12.1 Å². The molecule has 8 heteroatoms. The third kappa shape index (κ3) is 4.76. The zero-order valence-corrected chi connectivity index (χ0v) is 16.2. The summed E-state index contributed by atoms with van der Waals surface area (Å²) in [7, 11) is -1.87. The molecule has 1 amide bonds. The Bertz CT molecular complexity index is 829. The molecule has 0 saturated heterocycles. The van der Waals surface area contributed by atoms with Crippen molar-refractivity contribution in [3.05, 3.63) is 63.3 Å². The third-order valence-electron chi connectivity index (χ3n) is 3.19. The molecule has 0 radical (unpaired) electrons. The van der Waals surface area contributed by atoms with E-state index in [2.05, 4.69) is 27.2 Å². The van der Waals surface area contributed by atoms with E-state index < -0.39 is 10.0 Å². The van der Waals surface area contributed by atoms with Gasteiger partial charge < -0.3 is 4.90 Å². The van der Waals surface area contributed by atoms with Gasteiger partial charge in [-0.25, -0.2) is 13.1 Å². The largest absolute Gasteiger partial charge is 0.337 e. The summed E-state index contributed by atoms with van der Waals surface area (Å²) in [5.74, 6) is -0.164. The number of carbonyl (C=O) groups is 1. The van der Waals surface area contributed by atoms with E-state index in [1.165, 1.54) is 30.3 Å². The van der Waals surface area contributed by atoms with Crippen molar-refractivity contribution in [1.82, 2.24) is 9.62 Å². The normalized spacial score (nSPS) is 11.2. The van der Waals surface area contributed by atoms with Gasteiger partial charge in [0, 0.05) is 33.9 Å². The molecule has 1 aromatic carbocycles. The number of rotatable bonds is 7. The number of benzene rings is 1. The summed E-state index contributed by atoms with van der Waals surface area (Å²) in [5, 5.41) is 1.96. The molecule has 0 atom stereocenters. The Morgan fingerprint density at radius 2 is 2.04 bits per heavy atom. The van der Waals surface area contributed by atoms with Gasteiger partial charge in [-0.15, -0.1) is 17.9 Å². The maximum atomic E-state index is 12.4. The number of hydrogen-bond acceptors (Lipinski definition) is 4. The SMILES string of the molecule is C=CCNS(=O)(=O)c1ccc(C(=O)N(C)Cc2cc(Br)cs2)cc1. The van der Waals surface area contributed by atoms with Gasteiger partial charge in [0.25, 0.3) is 5.91 Å². The molecule has 2 aromatic rings. The Labute approximate surface area is 154 Å². The minimum absolute atomic E-state index is 0.116. The Balaban J connectivity index is 2.09. The molecule has 1 aromatic heterocycles. The number of thiophene rings is 1. The number of hydrogen-bond donors (Lipinski definition) is 1. The highest BCUT2D eigenvalue weighted by atomic mass is 79.9. The molecule has 24 heavy (non-hydrogen) atoms. The molecule has 0 aliphatic heterocycles. The van der Waals surface area contributed by atoms with Gasteiger partial charge in [-0.05, 0) is 46.3 Å². The van der Waals surface area contributed by atoms with Crippen molar-refractivity contribution in [2.45, 2.75) is 11.4 Å². The minimum atomic E-state index is -3.58. The molecule has 1 heterocycles. The van der Waals surface area contributed by atoms with E-state index in [9.17, 15) is 13.2 Å². The third-order valence-corrected chi connectivity index (χ3v) is 6.31. The van der Waals surface area contributed by atoms with Crippen molar-refractivity contribution < 1.29 is 13.2 Å². The van der Waals surface area contributed by atoms with Crippen LogP contribution >= 0.6 is 27.3 Å². The summed E-state index contributed by atoms with van der Waals surface area (Å²) in [4.78, 5) is 15.2. The van der Waals surface area contributed by atoms with E-state index in [1.54, 1.807) is 23.3 Å². The second kappa shape index (κ2) is 8.06. The van der Waals surface area contributed by atoms with Crippen molar-refractivity contribution >= 4 is 43.2 Å². The van der Waals surface area contributed by atoms with E-state index in [4.69, 9.17) is 0 Å². The predicted molar refractivity (Wildman–Crippen MR) is 99.6 cm³/mol. The molecule has 0 spiro atoms. The highest BCUT2D eigenvalue weighted by Crippen LogP contribution is 2.21. The molecule has 0 unspecified atom stereocenters. The molecule has 128 valence electrons. The second-order valence-electron chi connectivity index (χ2n) is 5.06. The first-order chi connectivity index (χ1) is 11.3. The van der Waals surface area contributed by atoms with Gasteiger partial charge in [0.15, 0.2) is 0 Å². The molecule has 0 bridgehead atoms.